The molecule has 0 unspecified atom stereocenters. The number of hydrogen-bond donors (Lipinski definition) is 1. The zero-order valence-corrected chi connectivity index (χ0v) is 12.3. The van der Waals surface area contributed by atoms with Crippen molar-refractivity contribution in [3.8, 4) is 0 Å². The Balaban J connectivity index is 2.29. The van der Waals surface area contributed by atoms with Crippen LogP contribution < -0.4 is 0 Å². The molecule has 0 saturated carbocycles. The fourth-order valence-electron chi connectivity index (χ4n) is 1.90. The molecule has 0 fully saturated rings. The summed E-state index contributed by atoms with van der Waals surface area (Å²) in [6.45, 7) is 6.36. The molecule has 2 aromatic rings. The van der Waals surface area contributed by atoms with Crippen molar-refractivity contribution in [3.05, 3.63) is 30.1 Å². The summed E-state index contributed by atoms with van der Waals surface area (Å²) < 4.78 is 6.24. The SMILES string of the molecule is CC(C)(C)CCOC(=O)n1c(C(=O)O)cc2ncccc21. The fraction of sp³-hybridized carbons (Fsp3) is 0.400. The predicted molar refractivity (Wildman–Crippen MR) is 77.5 cm³/mol. The highest BCUT2D eigenvalue weighted by Crippen LogP contribution is 2.20. The minimum atomic E-state index is -1.19. The summed E-state index contributed by atoms with van der Waals surface area (Å²) in [6, 6.07) is 4.65. The van der Waals surface area contributed by atoms with Crippen molar-refractivity contribution in [1.29, 1.82) is 0 Å². The lowest BCUT2D eigenvalue weighted by Crippen LogP contribution is -2.20. The molecule has 112 valence electrons. The second-order valence-electron chi connectivity index (χ2n) is 6.00. The minimum absolute atomic E-state index is 0.0379. The van der Waals surface area contributed by atoms with Gasteiger partial charge >= 0.3 is 12.1 Å². The summed E-state index contributed by atoms with van der Waals surface area (Å²) in [6.07, 6.45) is 1.54. The van der Waals surface area contributed by atoms with Gasteiger partial charge in [0.05, 0.1) is 17.6 Å². The van der Waals surface area contributed by atoms with Crippen molar-refractivity contribution in [2.75, 3.05) is 6.61 Å². The first-order chi connectivity index (χ1) is 9.79. The van der Waals surface area contributed by atoms with E-state index in [0.717, 1.165) is 4.57 Å². The predicted octanol–water partition coefficient (Wildman–Crippen LogP) is 3.16. The third kappa shape index (κ3) is 3.39. The zero-order chi connectivity index (χ0) is 15.6. The summed E-state index contributed by atoms with van der Waals surface area (Å²) in [5, 5.41) is 9.21. The molecule has 0 aliphatic rings. The maximum atomic E-state index is 12.2. The number of hydrogen-bond acceptors (Lipinski definition) is 4. The largest absolute Gasteiger partial charge is 0.477 e. The number of carboxylic acids is 1. The number of nitrogens with zero attached hydrogens (tertiary/aromatic N) is 2. The summed E-state index contributed by atoms with van der Waals surface area (Å²) >= 11 is 0. The van der Waals surface area contributed by atoms with Crippen LogP contribution in [-0.4, -0.2) is 33.3 Å². The van der Waals surface area contributed by atoms with Gasteiger partial charge in [0.2, 0.25) is 0 Å². The number of fused-ring (bicyclic) bond motifs is 1. The van der Waals surface area contributed by atoms with E-state index in [1.807, 2.05) is 20.8 Å². The van der Waals surface area contributed by atoms with Gasteiger partial charge < -0.3 is 9.84 Å². The van der Waals surface area contributed by atoms with E-state index in [2.05, 4.69) is 4.98 Å². The first-order valence-corrected chi connectivity index (χ1v) is 6.66. The second-order valence-corrected chi connectivity index (χ2v) is 6.00. The normalized spacial score (nSPS) is 11.6. The zero-order valence-electron chi connectivity index (χ0n) is 12.3. The fourth-order valence-corrected chi connectivity index (χ4v) is 1.90. The van der Waals surface area contributed by atoms with E-state index in [-0.39, 0.29) is 17.7 Å². The third-order valence-corrected chi connectivity index (χ3v) is 3.05. The molecule has 6 nitrogen and oxygen atoms in total. The van der Waals surface area contributed by atoms with Gasteiger partial charge in [0, 0.05) is 6.20 Å². The van der Waals surface area contributed by atoms with Gasteiger partial charge in [-0.1, -0.05) is 20.8 Å². The highest BCUT2D eigenvalue weighted by atomic mass is 16.5. The molecule has 0 aliphatic heterocycles. The van der Waals surface area contributed by atoms with Gasteiger partial charge in [0.1, 0.15) is 5.69 Å². The second kappa shape index (κ2) is 5.55. The molecule has 2 heterocycles. The Labute approximate surface area is 122 Å². The molecule has 6 heteroatoms. The number of aromatic nitrogens is 2. The average molecular weight is 290 g/mol. The van der Waals surface area contributed by atoms with Gasteiger partial charge in [-0.15, -0.1) is 0 Å². The number of carbonyl (C=O) groups is 2. The van der Waals surface area contributed by atoms with Crippen LogP contribution in [0.1, 0.15) is 37.7 Å². The Morgan fingerprint density at radius 1 is 1.38 bits per heavy atom. The van der Waals surface area contributed by atoms with Crippen LogP contribution >= 0.6 is 0 Å². The molecule has 0 atom stereocenters. The number of carboxylic acid groups (broad SMARTS) is 1. The van der Waals surface area contributed by atoms with E-state index < -0.39 is 12.1 Å². The molecule has 0 amide bonds. The molecule has 0 radical (unpaired) electrons. The number of pyridine rings is 1. The van der Waals surface area contributed by atoms with Gasteiger partial charge in [-0.25, -0.2) is 14.2 Å². The van der Waals surface area contributed by atoms with E-state index in [0.29, 0.717) is 17.5 Å². The number of carbonyl (C=O) groups excluding carboxylic acids is 1. The van der Waals surface area contributed by atoms with Gasteiger partial charge in [0.15, 0.2) is 0 Å². The number of rotatable bonds is 3. The number of aromatic carboxylic acids is 1. The average Bonchev–Trinajstić information content (AvgIpc) is 2.76. The van der Waals surface area contributed by atoms with Crippen LogP contribution in [0.25, 0.3) is 11.0 Å². The quantitative estimate of drug-likeness (QED) is 0.939. The highest BCUT2D eigenvalue weighted by molar-refractivity contribution is 5.99. The lowest BCUT2D eigenvalue weighted by molar-refractivity contribution is 0.0680. The van der Waals surface area contributed by atoms with Crippen molar-refractivity contribution < 1.29 is 19.4 Å². The molecular formula is C15H18N2O4. The van der Waals surface area contributed by atoms with Gasteiger partial charge in [-0.2, -0.15) is 0 Å². The molecule has 1 N–H and O–H groups in total. The van der Waals surface area contributed by atoms with Crippen LogP contribution in [0.2, 0.25) is 0 Å². The van der Waals surface area contributed by atoms with E-state index >= 15 is 0 Å². The summed E-state index contributed by atoms with van der Waals surface area (Å²) in [7, 11) is 0. The Bertz CT molecular complexity index is 683. The lowest BCUT2D eigenvalue weighted by Gasteiger charge is -2.17. The number of ether oxygens (including phenoxy) is 1. The Morgan fingerprint density at radius 2 is 2.10 bits per heavy atom. The van der Waals surface area contributed by atoms with Crippen LogP contribution in [-0.2, 0) is 4.74 Å². The maximum absolute atomic E-state index is 12.2. The summed E-state index contributed by atoms with van der Waals surface area (Å²) in [4.78, 5) is 27.5. The molecule has 0 saturated heterocycles. The molecule has 0 spiro atoms. The van der Waals surface area contributed by atoms with E-state index in [9.17, 15) is 14.7 Å². The molecule has 21 heavy (non-hydrogen) atoms. The lowest BCUT2D eigenvalue weighted by atomic mass is 9.93. The smallest absolute Gasteiger partial charge is 0.419 e. The Morgan fingerprint density at radius 3 is 2.71 bits per heavy atom. The third-order valence-electron chi connectivity index (χ3n) is 3.05. The molecule has 2 aromatic heterocycles. The van der Waals surface area contributed by atoms with Crippen molar-refractivity contribution in [3.63, 3.8) is 0 Å². The van der Waals surface area contributed by atoms with E-state index in [4.69, 9.17) is 4.74 Å². The standard InChI is InChI=1S/C15H18N2O4/c1-15(2,3)6-8-21-14(20)17-11-5-4-7-16-10(11)9-12(17)13(18)19/h4-5,7,9H,6,8H2,1-3H3,(H,18,19). The monoisotopic (exact) mass is 290 g/mol. The highest BCUT2D eigenvalue weighted by Gasteiger charge is 2.21. The van der Waals surface area contributed by atoms with Crippen LogP contribution in [0.3, 0.4) is 0 Å². The Kier molecular flexibility index (Phi) is 3.97. The van der Waals surface area contributed by atoms with Crippen LogP contribution in [0.4, 0.5) is 4.79 Å². The van der Waals surface area contributed by atoms with Gasteiger partial charge in [0.25, 0.3) is 0 Å². The topological polar surface area (TPSA) is 81.4 Å². The van der Waals surface area contributed by atoms with Crippen molar-refractivity contribution in [1.82, 2.24) is 9.55 Å². The van der Waals surface area contributed by atoms with Crippen molar-refractivity contribution >= 4 is 23.1 Å². The van der Waals surface area contributed by atoms with Crippen LogP contribution in [0.5, 0.6) is 0 Å². The molecular weight excluding hydrogens is 272 g/mol. The summed E-state index contributed by atoms with van der Waals surface area (Å²) in [5.41, 5.74) is 0.763. The molecule has 0 aliphatic carbocycles. The van der Waals surface area contributed by atoms with Gasteiger partial charge in [-0.3, -0.25) is 4.98 Å². The molecule has 0 aromatic carbocycles. The van der Waals surface area contributed by atoms with E-state index in [1.54, 1.807) is 18.3 Å². The molecule has 0 bridgehead atoms. The van der Waals surface area contributed by atoms with Crippen LogP contribution in [0, 0.1) is 5.41 Å². The first-order valence-electron chi connectivity index (χ1n) is 6.66. The maximum Gasteiger partial charge on any atom is 0.419 e. The Hall–Kier alpha value is -2.37. The first kappa shape index (κ1) is 15.0. The summed E-state index contributed by atoms with van der Waals surface area (Å²) in [5.74, 6) is -1.19. The molecule has 2 rings (SSSR count). The van der Waals surface area contributed by atoms with Gasteiger partial charge in [-0.05, 0) is 30.0 Å². The van der Waals surface area contributed by atoms with Crippen molar-refractivity contribution in [2.24, 2.45) is 5.41 Å². The minimum Gasteiger partial charge on any atom is -0.477 e. The van der Waals surface area contributed by atoms with E-state index in [1.165, 1.54) is 6.07 Å². The van der Waals surface area contributed by atoms with Crippen LogP contribution in [0.15, 0.2) is 24.4 Å². The van der Waals surface area contributed by atoms with Crippen molar-refractivity contribution in [2.45, 2.75) is 27.2 Å².